The van der Waals surface area contributed by atoms with E-state index < -0.39 is 6.16 Å². The molecule has 0 radical (unpaired) electrons. The van der Waals surface area contributed by atoms with Crippen LogP contribution < -0.4 is 0 Å². The van der Waals surface area contributed by atoms with Gasteiger partial charge in [-0.25, -0.2) is 4.79 Å². The Balaban J connectivity index is 0.000000626. The fourth-order valence-corrected chi connectivity index (χ4v) is 2.79. The molecule has 0 spiro atoms. The SMILES string of the molecule is CCCCCBr.CCCCCCCCC1CCCOC(=O)O1. The normalized spacial score (nSPS) is 17.8. The Morgan fingerprint density at radius 3 is 2.27 bits per heavy atom. The van der Waals surface area contributed by atoms with Gasteiger partial charge in [0.1, 0.15) is 6.10 Å². The van der Waals surface area contributed by atoms with Crippen molar-refractivity contribution in [3.05, 3.63) is 0 Å². The fourth-order valence-electron chi connectivity index (χ4n) is 2.40. The van der Waals surface area contributed by atoms with Gasteiger partial charge in [-0.2, -0.15) is 0 Å². The number of alkyl halides is 1. The lowest BCUT2D eigenvalue weighted by molar-refractivity contribution is 0.0395. The topological polar surface area (TPSA) is 35.5 Å². The summed E-state index contributed by atoms with van der Waals surface area (Å²) in [5, 5.41) is 1.17. The molecule has 1 saturated heterocycles. The third-order valence-corrected chi connectivity index (χ3v) is 4.33. The van der Waals surface area contributed by atoms with Crippen LogP contribution in [0.1, 0.15) is 90.9 Å². The van der Waals surface area contributed by atoms with E-state index in [4.69, 9.17) is 9.47 Å². The van der Waals surface area contributed by atoms with Gasteiger partial charge in [0.2, 0.25) is 0 Å². The van der Waals surface area contributed by atoms with Crippen LogP contribution in [0.25, 0.3) is 0 Å². The lowest BCUT2D eigenvalue weighted by atomic mass is 10.0. The standard InChI is InChI=1S/C13H24O3.C5H11Br/c1-2-3-4-5-6-7-9-12-10-8-11-15-13(14)16-12;1-2-3-4-5-6/h12H,2-11H2,1H3;2-5H2,1H3. The van der Waals surface area contributed by atoms with Crippen molar-refractivity contribution in [1.82, 2.24) is 0 Å². The van der Waals surface area contributed by atoms with Crippen LogP contribution >= 0.6 is 15.9 Å². The number of halogens is 1. The Morgan fingerprint density at radius 2 is 1.64 bits per heavy atom. The van der Waals surface area contributed by atoms with E-state index in [0.29, 0.717) is 6.61 Å². The van der Waals surface area contributed by atoms with E-state index >= 15 is 0 Å². The monoisotopic (exact) mass is 378 g/mol. The minimum Gasteiger partial charge on any atom is -0.434 e. The average Bonchev–Trinajstić information content (AvgIpc) is 2.73. The van der Waals surface area contributed by atoms with Crippen LogP contribution in [0.3, 0.4) is 0 Å². The molecule has 4 heteroatoms. The zero-order valence-corrected chi connectivity index (χ0v) is 16.2. The minimum absolute atomic E-state index is 0.0983. The van der Waals surface area contributed by atoms with Crippen molar-refractivity contribution < 1.29 is 14.3 Å². The van der Waals surface area contributed by atoms with Crippen LogP contribution in [-0.2, 0) is 9.47 Å². The molecule has 1 aliphatic rings. The highest BCUT2D eigenvalue weighted by Gasteiger charge is 2.18. The zero-order chi connectivity index (χ0) is 16.5. The maximum Gasteiger partial charge on any atom is 0.508 e. The number of carbonyl (C=O) groups is 1. The summed E-state index contributed by atoms with van der Waals surface area (Å²) < 4.78 is 10.0. The maximum absolute atomic E-state index is 11.0. The second-order valence-electron chi connectivity index (χ2n) is 5.93. The Morgan fingerprint density at radius 1 is 1.00 bits per heavy atom. The van der Waals surface area contributed by atoms with E-state index in [-0.39, 0.29) is 6.10 Å². The highest BCUT2D eigenvalue weighted by atomic mass is 79.9. The third-order valence-electron chi connectivity index (χ3n) is 3.77. The summed E-state index contributed by atoms with van der Waals surface area (Å²) in [6, 6.07) is 0. The van der Waals surface area contributed by atoms with E-state index in [2.05, 4.69) is 29.8 Å². The largest absolute Gasteiger partial charge is 0.508 e. The van der Waals surface area contributed by atoms with Crippen molar-refractivity contribution in [3.63, 3.8) is 0 Å². The van der Waals surface area contributed by atoms with E-state index in [0.717, 1.165) is 19.3 Å². The molecule has 1 fully saturated rings. The number of hydrogen-bond acceptors (Lipinski definition) is 3. The van der Waals surface area contributed by atoms with E-state index in [9.17, 15) is 4.79 Å². The molecule has 0 bridgehead atoms. The summed E-state index contributed by atoms with van der Waals surface area (Å²) >= 11 is 3.35. The molecule has 22 heavy (non-hydrogen) atoms. The van der Waals surface area contributed by atoms with Crippen molar-refractivity contribution in [2.24, 2.45) is 0 Å². The minimum atomic E-state index is -0.478. The average molecular weight is 379 g/mol. The van der Waals surface area contributed by atoms with Gasteiger partial charge in [0.05, 0.1) is 6.61 Å². The molecule has 1 aliphatic heterocycles. The van der Waals surface area contributed by atoms with Crippen molar-refractivity contribution in [2.45, 2.75) is 97.0 Å². The van der Waals surface area contributed by atoms with Gasteiger partial charge in [-0.05, 0) is 32.1 Å². The second kappa shape index (κ2) is 17.1. The summed E-state index contributed by atoms with van der Waals surface area (Å²) in [4.78, 5) is 11.0. The molecule has 0 aromatic rings. The van der Waals surface area contributed by atoms with Crippen LogP contribution in [0.5, 0.6) is 0 Å². The third kappa shape index (κ3) is 14.7. The smallest absolute Gasteiger partial charge is 0.434 e. The number of unbranched alkanes of at least 4 members (excludes halogenated alkanes) is 7. The molecule has 0 saturated carbocycles. The number of ether oxygens (including phenoxy) is 2. The molecule has 1 heterocycles. The Hall–Kier alpha value is -0.250. The van der Waals surface area contributed by atoms with Gasteiger partial charge in [0, 0.05) is 5.33 Å². The molecule has 3 nitrogen and oxygen atoms in total. The van der Waals surface area contributed by atoms with Crippen LogP contribution in [-0.4, -0.2) is 24.2 Å². The first-order valence-corrected chi connectivity index (χ1v) is 10.3. The summed E-state index contributed by atoms with van der Waals surface area (Å²) in [6.07, 6.45) is 14.2. The molecular weight excluding hydrogens is 344 g/mol. The number of hydrogen-bond donors (Lipinski definition) is 0. The number of rotatable bonds is 10. The summed E-state index contributed by atoms with van der Waals surface area (Å²) in [6.45, 7) is 4.96. The van der Waals surface area contributed by atoms with Crippen LogP contribution in [0, 0.1) is 0 Å². The molecule has 0 amide bonds. The lowest BCUT2D eigenvalue weighted by Gasteiger charge is -2.12. The molecule has 0 aliphatic carbocycles. The Bertz CT molecular complexity index is 242. The lowest BCUT2D eigenvalue weighted by Crippen LogP contribution is -2.15. The van der Waals surface area contributed by atoms with Crippen molar-refractivity contribution in [2.75, 3.05) is 11.9 Å². The number of carbonyl (C=O) groups excluding carboxylic acids is 1. The van der Waals surface area contributed by atoms with Gasteiger partial charge in [-0.1, -0.05) is 74.7 Å². The first kappa shape index (κ1) is 21.8. The predicted octanol–water partition coefficient (Wildman–Crippen LogP) is 6.62. The van der Waals surface area contributed by atoms with Crippen molar-refractivity contribution >= 4 is 22.1 Å². The molecule has 1 rings (SSSR count). The molecule has 132 valence electrons. The first-order valence-electron chi connectivity index (χ1n) is 9.13. The highest BCUT2D eigenvalue weighted by molar-refractivity contribution is 9.09. The molecular formula is C18H35BrO3. The zero-order valence-electron chi connectivity index (χ0n) is 14.6. The molecule has 1 atom stereocenters. The van der Waals surface area contributed by atoms with Gasteiger partial charge in [0.15, 0.2) is 0 Å². The summed E-state index contributed by atoms with van der Waals surface area (Å²) in [5.41, 5.74) is 0. The van der Waals surface area contributed by atoms with Gasteiger partial charge < -0.3 is 9.47 Å². The van der Waals surface area contributed by atoms with Crippen molar-refractivity contribution in [1.29, 1.82) is 0 Å². The molecule has 0 aromatic heterocycles. The summed E-state index contributed by atoms with van der Waals surface area (Å²) in [7, 11) is 0. The van der Waals surface area contributed by atoms with Crippen molar-refractivity contribution in [3.8, 4) is 0 Å². The van der Waals surface area contributed by atoms with Gasteiger partial charge in [-0.3, -0.25) is 0 Å². The Kier molecular flexibility index (Phi) is 16.9. The molecule has 0 N–H and O–H groups in total. The van der Waals surface area contributed by atoms with Gasteiger partial charge in [-0.15, -0.1) is 0 Å². The Labute approximate surface area is 145 Å². The quantitative estimate of drug-likeness (QED) is 0.243. The van der Waals surface area contributed by atoms with E-state index in [1.807, 2.05) is 0 Å². The van der Waals surface area contributed by atoms with Crippen LogP contribution in [0.4, 0.5) is 4.79 Å². The molecule has 0 aromatic carbocycles. The predicted molar refractivity (Wildman–Crippen MR) is 96.8 cm³/mol. The highest BCUT2D eigenvalue weighted by Crippen LogP contribution is 2.17. The first-order chi connectivity index (χ1) is 10.7. The molecule has 1 unspecified atom stereocenters. The van der Waals surface area contributed by atoms with Crippen LogP contribution in [0.15, 0.2) is 0 Å². The van der Waals surface area contributed by atoms with Gasteiger partial charge in [0.25, 0.3) is 0 Å². The second-order valence-corrected chi connectivity index (χ2v) is 6.73. The van der Waals surface area contributed by atoms with Crippen LogP contribution in [0.2, 0.25) is 0 Å². The van der Waals surface area contributed by atoms with Gasteiger partial charge >= 0.3 is 6.16 Å². The van der Waals surface area contributed by atoms with E-state index in [1.54, 1.807) is 0 Å². The summed E-state index contributed by atoms with van der Waals surface area (Å²) in [5.74, 6) is 0. The van der Waals surface area contributed by atoms with E-state index in [1.165, 1.54) is 63.1 Å². The number of cyclic esters (lactones) is 2. The fraction of sp³-hybridized carbons (Fsp3) is 0.944. The maximum atomic E-state index is 11.0.